The van der Waals surface area contributed by atoms with E-state index in [1.165, 1.54) is 6.07 Å². The first kappa shape index (κ1) is 19.8. The highest BCUT2D eigenvalue weighted by Crippen LogP contribution is 2.22. The number of esters is 1. The number of amides is 2. The lowest BCUT2D eigenvalue weighted by molar-refractivity contribution is -0.119. The van der Waals surface area contributed by atoms with Crippen molar-refractivity contribution in [1.82, 2.24) is 0 Å². The van der Waals surface area contributed by atoms with Gasteiger partial charge in [0.15, 0.2) is 6.61 Å². The van der Waals surface area contributed by atoms with Gasteiger partial charge in [-0.25, -0.2) is 4.79 Å². The molecule has 1 aliphatic heterocycles. The molecule has 0 spiro atoms. The number of carbonyl (C=O) groups excluding carboxylic acids is 3. The molecule has 1 fully saturated rings. The molecule has 1 aromatic heterocycles. The summed E-state index contributed by atoms with van der Waals surface area (Å²) in [6.07, 6.45) is 2.14. The molecule has 0 aliphatic carbocycles. The lowest BCUT2D eigenvalue weighted by atomic mass is 10.2. The van der Waals surface area contributed by atoms with Crippen molar-refractivity contribution in [3.05, 3.63) is 46.8 Å². The molecule has 1 unspecified atom stereocenters. The van der Waals surface area contributed by atoms with Gasteiger partial charge in [0, 0.05) is 6.61 Å². The normalized spacial score (nSPS) is 15.8. The van der Waals surface area contributed by atoms with E-state index in [0.717, 1.165) is 30.8 Å². The van der Waals surface area contributed by atoms with Gasteiger partial charge in [0.2, 0.25) is 0 Å². The fraction of sp³-hybridized carbons (Fsp3) is 0.316. The molecule has 28 heavy (non-hydrogen) atoms. The number of benzene rings is 1. The highest BCUT2D eigenvalue weighted by Gasteiger charge is 2.17. The molecule has 0 saturated carbocycles. The molecule has 3 N–H and O–H groups in total. The van der Waals surface area contributed by atoms with E-state index in [4.69, 9.17) is 19.9 Å². The smallest absolute Gasteiger partial charge is 0.338 e. The van der Waals surface area contributed by atoms with Crippen LogP contribution in [0.1, 0.15) is 33.6 Å². The van der Waals surface area contributed by atoms with Crippen LogP contribution in [0.25, 0.3) is 0 Å². The van der Waals surface area contributed by atoms with E-state index in [0.29, 0.717) is 22.9 Å². The van der Waals surface area contributed by atoms with Gasteiger partial charge in [-0.15, -0.1) is 11.3 Å². The van der Waals surface area contributed by atoms with Gasteiger partial charge in [-0.05, 0) is 48.6 Å². The molecule has 1 atom stereocenters. The fourth-order valence-electron chi connectivity index (χ4n) is 2.63. The summed E-state index contributed by atoms with van der Waals surface area (Å²) in [5.74, 6) is -1.21. The standard InChI is InChI=1S/C19H20N2O6S/c20-17(23)15-7-9-28-18(15)21-16(22)11-27-19(24)12-3-5-13(6-4-12)26-10-14-2-1-8-25-14/h3-7,9,14H,1-2,8,10-11H2,(H2,20,23)(H,21,22). The molecular weight excluding hydrogens is 384 g/mol. The fourth-order valence-corrected chi connectivity index (χ4v) is 3.44. The molecule has 148 valence electrons. The molecule has 2 amide bonds. The van der Waals surface area contributed by atoms with Crippen molar-refractivity contribution in [3.63, 3.8) is 0 Å². The third-order valence-electron chi connectivity index (χ3n) is 4.07. The topological polar surface area (TPSA) is 117 Å². The quantitative estimate of drug-likeness (QED) is 0.652. The minimum Gasteiger partial charge on any atom is -0.491 e. The maximum atomic E-state index is 12.1. The Morgan fingerprint density at radius 3 is 2.68 bits per heavy atom. The van der Waals surface area contributed by atoms with E-state index in [9.17, 15) is 14.4 Å². The Morgan fingerprint density at radius 2 is 2.00 bits per heavy atom. The first-order valence-electron chi connectivity index (χ1n) is 8.71. The molecule has 9 heteroatoms. The van der Waals surface area contributed by atoms with Gasteiger partial charge in [-0.3, -0.25) is 9.59 Å². The van der Waals surface area contributed by atoms with Crippen LogP contribution in [-0.4, -0.2) is 43.7 Å². The lowest BCUT2D eigenvalue weighted by Crippen LogP contribution is -2.22. The molecule has 1 aromatic carbocycles. The van der Waals surface area contributed by atoms with Crippen LogP contribution in [0, 0.1) is 0 Å². The van der Waals surface area contributed by atoms with E-state index in [2.05, 4.69) is 5.32 Å². The van der Waals surface area contributed by atoms with Crippen LogP contribution in [0.2, 0.25) is 0 Å². The maximum absolute atomic E-state index is 12.1. The van der Waals surface area contributed by atoms with E-state index in [-0.39, 0.29) is 11.7 Å². The molecule has 0 bridgehead atoms. The van der Waals surface area contributed by atoms with Crippen LogP contribution in [0.4, 0.5) is 5.00 Å². The number of ether oxygens (including phenoxy) is 3. The number of rotatable bonds is 8. The zero-order valence-electron chi connectivity index (χ0n) is 15.0. The number of carbonyl (C=O) groups is 3. The zero-order chi connectivity index (χ0) is 19.9. The number of nitrogens with two attached hydrogens (primary N) is 1. The highest BCUT2D eigenvalue weighted by atomic mass is 32.1. The van der Waals surface area contributed by atoms with Gasteiger partial charge in [-0.2, -0.15) is 0 Å². The van der Waals surface area contributed by atoms with Crippen molar-refractivity contribution in [2.45, 2.75) is 18.9 Å². The summed E-state index contributed by atoms with van der Waals surface area (Å²) in [7, 11) is 0. The Labute approximate surface area is 165 Å². The Morgan fingerprint density at radius 1 is 1.21 bits per heavy atom. The Bertz CT molecular complexity index is 842. The molecule has 1 aliphatic rings. The van der Waals surface area contributed by atoms with E-state index < -0.39 is 24.4 Å². The van der Waals surface area contributed by atoms with Crippen molar-refractivity contribution >= 4 is 34.1 Å². The highest BCUT2D eigenvalue weighted by molar-refractivity contribution is 7.14. The lowest BCUT2D eigenvalue weighted by Gasteiger charge is -2.11. The van der Waals surface area contributed by atoms with Crippen LogP contribution < -0.4 is 15.8 Å². The van der Waals surface area contributed by atoms with Crippen LogP contribution >= 0.6 is 11.3 Å². The maximum Gasteiger partial charge on any atom is 0.338 e. The van der Waals surface area contributed by atoms with Crippen molar-refractivity contribution in [2.75, 3.05) is 25.1 Å². The summed E-state index contributed by atoms with van der Waals surface area (Å²) < 4.78 is 16.1. The van der Waals surface area contributed by atoms with Crippen molar-refractivity contribution in [2.24, 2.45) is 5.73 Å². The van der Waals surface area contributed by atoms with Gasteiger partial charge in [0.05, 0.1) is 17.2 Å². The van der Waals surface area contributed by atoms with Gasteiger partial charge in [0.25, 0.3) is 11.8 Å². The monoisotopic (exact) mass is 404 g/mol. The van der Waals surface area contributed by atoms with E-state index >= 15 is 0 Å². The summed E-state index contributed by atoms with van der Waals surface area (Å²) in [5, 5.41) is 4.45. The second kappa shape index (κ2) is 9.34. The van der Waals surface area contributed by atoms with E-state index in [1.807, 2.05) is 0 Å². The molecule has 2 heterocycles. The summed E-state index contributed by atoms with van der Waals surface area (Å²) in [6, 6.07) is 7.97. The molecule has 8 nitrogen and oxygen atoms in total. The first-order valence-corrected chi connectivity index (χ1v) is 9.59. The number of nitrogens with one attached hydrogen (secondary N) is 1. The molecular formula is C19H20N2O6S. The number of primary amides is 1. The number of thiophene rings is 1. The van der Waals surface area contributed by atoms with Gasteiger partial charge in [-0.1, -0.05) is 0 Å². The Balaban J connectivity index is 1.45. The third-order valence-corrected chi connectivity index (χ3v) is 4.90. The van der Waals surface area contributed by atoms with Crippen molar-refractivity contribution < 1.29 is 28.6 Å². The third kappa shape index (κ3) is 5.30. The number of hydrogen-bond acceptors (Lipinski definition) is 7. The second-order valence-corrected chi connectivity index (χ2v) is 7.04. The SMILES string of the molecule is NC(=O)c1ccsc1NC(=O)COC(=O)c1ccc(OCC2CCCO2)cc1. The number of hydrogen-bond donors (Lipinski definition) is 2. The van der Waals surface area contributed by atoms with Gasteiger partial charge in [0.1, 0.15) is 17.4 Å². The van der Waals surface area contributed by atoms with Crippen LogP contribution in [0.5, 0.6) is 5.75 Å². The minimum absolute atomic E-state index is 0.113. The predicted octanol–water partition coefficient (Wildman–Crippen LogP) is 2.20. The summed E-state index contributed by atoms with van der Waals surface area (Å²) in [6.45, 7) is 0.759. The van der Waals surface area contributed by atoms with Crippen molar-refractivity contribution in [1.29, 1.82) is 0 Å². The Kier molecular flexibility index (Phi) is 6.62. The molecule has 1 saturated heterocycles. The summed E-state index contributed by atoms with van der Waals surface area (Å²) >= 11 is 1.16. The first-order chi connectivity index (χ1) is 13.5. The number of anilines is 1. The molecule has 3 rings (SSSR count). The van der Waals surface area contributed by atoms with Crippen molar-refractivity contribution in [3.8, 4) is 5.75 Å². The Hall–Kier alpha value is -2.91. The summed E-state index contributed by atoms with van der Waals surface area (Å²) in [4.78, 5) is 35.2. The molecule has 0 radical (unpaired) electrons. The van der Waals surface area contributed by atoms with Crippen LogP contribution in [0.3, 0.4) is 0 Å². The van der Waals surface area contributed by atoms with Gasteiger partial charge >= 0.3 is 5.97 Å². The molecule has 2 aromatic rings. The average molecular weight is 404 g/mol. The van der Waals surface area contributed by atoms with Crippen LogP contribution in [0.15, 0.2) is 35.7 Å². The minimum atomic E-state index is -0.643. The van der Waals surface area contributed by atoms with Gasteiger partial charge < -0.3 is 25.3 Å². The second-order valence-electron chi connectivity index (χ2n) is 6.12. The van der Waals surface area contributed by atoms with E-state index in [1.54, 1.807) is 29.6 Å². The predicted molar refractivity (Wildman–Crippen MR) is 103 cm³/mol. The zero-order valence-corrected chi connectivity index (χ0v) is 15.8. The average Bonchev–Trinajstić information content (AvgIpc) is 3.36. The largest absolute Gasteiger partial charge is 0.491 e. The van der Waals surface area contributed by atoms with Crippen LogP contribution in [-0.2, 0) is 14.3 Å². The summed E-state index contributed by atoms with van der Waals surface area (Å²) in [5.41, 5.74) is 5.72.